The van der Waals surface area contributed by atoms with Crippen LogP contribution in [0.25, 0.3) is 16.5 Å². The molecule has 0 aliphatic carbocycles. The summed E-state index contributed by atoms with van der Waals surface area (Å²) in [7, 11) is 0. The van der Waals surface area contributed by atoms with Gasteiger partial charge in [0.2, 0.25) is 0 Å². The summed E-state index contributed by atoms with van der Waals surface area (Å²) in [6.45, 7) is 9.17. The molecule has 2 aromatic rings. The van der Waals surface area contributed by atoms with Gasteiger partial charge < -0.3 is 10.1 Å². The Morgan fingerprint density at radius 3 is 2.86 bits per heavy atom. The van der Waals surface area contributed by atoms with Crippen LogP contribution >= 0.6 is 11.6 Å². The first-order valence-corrected chi connectivity index (χ1v) is 6.67. The van der Waals surface area contributed by atoms with Crippen molar-refractivity contribution in [2.75, 3.05) is 0 Å². The Bertz CT molecular complexity index is 819. The number of nitrogens with zero attached hydrogens (tertiary/aromatic N) is 1. The summed E-state index contributed by atoms with van der Waals surface area (Å²) < 4.78 is 0. The van der Waals surface area contributed by atoms with Crippen LogP contribution in [-0.2, 0) is 0 Å². The molecule has 0 spiro atoms. The highest BCUT2D eigenvalue weighted by Gasteiger charge is 2.06. The minimum Gasteiger partial charge on any atom is -0.513 e. The highest BCUT2D eigenvalue weighted by atomic mass is 35.5. The first-order chi connectivity index (χ1) is 9.86. The third kappa shape index (κ3) is 3.61. The Hall–Kier alpha value is -2.33. The molecule has 5 heteroatoms. The minimum absolute atomic E-state index is 0.0751. The number of allylic oxidation sites excluding steroid dienone is 3. The van der Waals surface area contributed by atoms with E-state index in [0.29, 0.717) is 33.7 Å². The highest BCUT2D eigenvalue weighted by molar-refractivity contribution is 6.31. The zero-order valence-electron chi connectivity index (χ0n) is 11.6. The van der Waals surface area contributed by atoms with Crippen LogP contribution < -0.4 is 5.56 Å². The van der Waals surface area contributed by atoms with Crippen LogP contribution in [-0.4, -0.2) is 15.1 Å². The fourth-order valence-electron chi connectivity index (χ4n) is 2.00. The van der Waals surface area contributed by atoms with E-state index in [-0.39, 0.29) is 11.3 Å². The summed E-state index contributed by atoms with van der Waals surface area (Å²) in [6, 6.07) is 4.95. The van der Waals surface area contributed by atoms with Crippen molar-refractivity contribution in [3.05, 3.63) is 70.0 Å². The quantitative estimate of drug-likeness (QED) is 0.662. The lowest BCUT2D eigenvalue weighted by atomic mass is 10.1. The van der Waals surface area contributed by atoms with Crippen molar-refractivity contribution in [2.45, 2.75) is 13.3 Å². The molecule has 0 saturated heterocycles. The van der Waals surface area contributed by atoms with E-state index in [0.717, 1.165) is 5.57 Å². The van der Waals surface area contributed by atoms with E-state index in [9.17, 15) is 4.79 Å². The summed E-state index contributed by atoms with van der Waals surface area (Å²) >= 11 is 5.87. The van der Waals surface area contributed by atoms with Gasteiger partial charge >= 0.3 is 0 Å². The van der Waals surface area contributed by atoms with Crippen LogP contribution in [0.4, 0.5) is 0 Å². The Labute approximate surface area is 127 Å². The maximum absolute atomic E-state index is 12.0. The molecule has 2 N–H and O–H groups in total. The molecule has 4 nitrogen and oxygen atoms in total. The second kappa shape index (κ2) is 5.97. The molecule has 0 fully saturated rings. The standard InChI is InChI=1S/C16H15ClN2O2/c1-9(7-11(3)20)6-10(2)15-18-14-5-4-12(17)8-13(14)16(21)19-15/h4-6,8,20H,2-3,7H2,1H3,(H,18,19,21)/b9-6+. The molecule has 108 valence electrons. The average molecular weight is 303 g/mol. The normalized spacial score (nSPS) is 11.6. The molecule has 0 amide bonds. The van der Waals surface area contributed by atoms with Gasteiger partial charge in [0, 0.05) is 17.0 Å². The molecule has 0 saturated carbocycles. The second-order valence-corrected chi connectivity index (χ2v) is 5.27. The fraction of sp³-hybridized carbons (Fsp3) is 0.125. The molecular formula is C16H15ClN2O2. The van der Waals surface area contributed by atoms with Crippen LogP contribution in [0.3, 0.4) is 0 Å². The molecule has 0 unspecified atom stereocenters. The Balaban J connectivity index is 2.43. The number of rotatable bonds is 4. The third-order valence-corrected chi connectivity index (χ3v) is 3.11. The number of hydrogen-bond acceptors (Lipinski definition) is 3. The molecule has 0 atom stereocenters. The van der Waals surface area contributed by atoms with Crippen molar-refractivity contribution in [3.8, 4) is 0 Å². The molecule has 1 aromatic heterocycles. The van der Waals surface area contributed by atoms with Gasteiger partial charge in [-0.1, -0.05) is 36.4 Å². The van der Waals surface area contributed by atoms with Crippen molar-refractivity contribution in [3.63, 3.8) is 0 Å². The predicted octanol–water partition coefficient (Wildman–Crippen LogP) is 4.00. The van der Waals surface area contributed by atoms with Gasteiger partial charge in [0.1, 0.15) is 5.82 Å². The number of aromatic amines is 1. The molecule has 21 heavy (non-hydrogen) atoms. The van der Waals surface area contributed by atoms with Crippen LogP contribution in [0.1, 0.15) is 19.2 Å². The maximum atomic E-state index is 12.0. The summed E-state index contributed by atoms with van der Waals surface area (Å²) in [6.07, 6.45) is 2.11. The predicted molar refractivity (Wildman–Crippen MR) is 86.6 cm³/mol. The van der Waals surface area contributed by atoms with Crippen molar-refractivity contribution in [1.29, 1.82) is 0 Å². The van der Waals surface area contributed by atoms with E-state index in [1.807, 2.05) is 6.92 Å². The van der Waals surface area contributed by atoms with Gasteiger partial charge in [0.05, 0.1) is 16.7 Å². The molecule has 0 bridgehead atoms. The van der Waals surface area contributed by atoms with Gasteiger partial charge in [-0.3, -0.25) is 4.79 Å². The van der Waals surface area contributed by atoms with Crippen molar-refractivity contribution in [1.82, 2.24) is 9.97 Å². The lowest BCUT2D eigenvalue weighted by Crippen LogP contribution is -2.11. The molecular weight excluding hydrogens is 288 g/mol. The Kier molecular flexibility index (Phi) is 4.29. The highest BCUT2D eigenvalue weighted by Crippen LogP contribution is 2.18. The number of halogens is 1. The monoisotopic (exact) mass is 302 g/mol. The van der Waals surface area contributed by atoms with Gasteiger partial charge in [-0.25, -0.2) is 4.98 Å². The minimum atomic E-state index is -0.267. The molecule has 0 aliphatic rings. The number of hydrogen-bond donors (Lipinski definition) is 2. The zero-order chi connectivity index (χ0) is 15.6. The topological polar surface area (TPSA) is 66.0 Å². The number of fused-ring (bicyclic) bond motifs is 1. The maximum Gasteiger partial charge on any atom is 0.259 e. The van der Waals surface area contributed by atoms with Crippen molar-refractivity contribution < 1.29 is 5.11 Å². The Morgan fingerprint density at radius 1 is 1.48 bits per heavy atom. The fourth-order valence-corrected chi connectivity index (χ4v) is 2.17. The number of aliphatic hydroxyl groups excluding tert-OH is 1. The second-order valence-electron chi connectivity index (χ2n) is 4.83. The van der Waals surface area contributed by atoms with Gasteiger partial charge in [-0.15, -0.1) is 0 Å². The summed E-state index contributed by atoms with van der Waals surface area (Å²) in [5.74, 6) is 0.462. The largest absolute Gasteiger partial charge is 0.513 e. The van der Waals surface area contributed by atoms with Gasteiger partial charge in [-0.05, 0) is 25.1 Å². The molecule has 2 rings (SSSR count). The third-order valence-electron chi connectivity index (χ3n) is 2.88. The molecule has 1 aromatic carbocycles. The van der Waals surface area contributed by atoms with E-state index >= 15 is 0 Å². The number of H-pyrrole nitrogens is 1. The van der Waals surface area contributed by atoms with E-state index in [2.05, 4.69) is 23.1 Å². The van der Waals surface area contributed by atoms with E-state index in [4.69, 9.17) is 16.7 Å². The van der Waals surface area contributed by atoms with E-state index in [1.54, 1.807) is 24.3 Å². The summed E-state index contributed by atoms with van der Waals surface area (Å²) in [5, 5.41) is 10.1. The van der Waals surface area contributed by atoms with Crippen LogP contribution in [0.2, 0.25) is 5.02 Å². The smallest absolute Gasteiger partial charge is 0.259 e. The van der Waals surface area contributed by atoms with E-state index in [1.165, 1.54) is 0 Å². The van der Waals surface area contributed by atoms with Gasteiger partial charge in [0.15, 0.2) is 0 Å². The lowest BCUT2D eigenvalue weighted by molar-refractivity contribution is 0.401. The first-order valence-electron chi connectivity index (χ1n) is 6.29. The molecule has 0 radical (unpaired) electrons. The Morgan fingerprint density at radius 2 is 2.19 bits per heavy atom. The van der Waals surface area contributed by atoms with Gasteiger partial charge in [-0.2, -0.15) is 0 Å². The number of aliphatic hydroxyl groups is 1. The number of nitrogens with one attached hydrogen (secondary N) is 1. The summed E-state index contributed by atoms with van der Waals surface area (Å²) in [5.41, 5.74) is 1.71. The van der Waals surface area contributed by atoms with Crippen LogP contribution in [0.5, 0.6) is 0 Å². The van der Waals surface area contributed by atoms with Gasteiger partial charge in [0.25, 0.3) is 5.56 Å². The molecule has 0 aliphatic heterocycles. The SMILES string of the molecule is C=C(O)C/C(C)=C/C(=C)c1nc2ccc(Cl)cc2c(=O)[nH]1. The number of aromatic nitrogens is 2. The summed E-state index contributed by atoms with van der Waals surface area (Å²) in [4.78, 5) is 19.1. The van der Waals surface area contributed by atoms with Crippen molar-refractivity contribution in [2.24, 2.45) is 0 Å². The molecule has 1 heterocycles. The lowest BCUT2D eigenvalue weighted by Gasteiger charge is -2.05. The van der Waals surface area contributed by atoms with Crippen LogP contribution in [0.15, 0.2) is 53.6 Å². The zero-order valence-corrected chi connectivity index (χ0v) is 12.4. The average Bonchev–Trinajstić information content (AvgIpc) is 2.38. The first kappa shape index (κ1) is 15.1. The van der Waals surface area contributed by atoms with Crippen LogP contribution in [0, 0.1) is 0 Å². The van der Waals surface area contributed by atoms with Crippen molar-refractivity contribution >= 4 is 28.1 Å². The van der Waals surface area contributed by atoms with E-state index < -0.39 is 0 Å². The number of benzene rings is 1.